The van der Waals surface area contributed by atoms with Crippen molar-refractivity contribution >= 4 is 33.5 Å². The third-order valence-electron chi connectivity index (χ3n) is 8.23. The van der Waals surface area contributed by atoms with Crippen molar-refractivity contribution in [2.45, 2.75) is 5.41 Å². The molecule has 0 spiro atoms. The molecule has 0 bridgehead atoms. The van der Waals surface area contributed by atoms with Gasteiger partial charge in [-0.2, -0.15) is 0 Å². The Morgan fingerprint density at radius 3 is 1.63 bits per heavy atom. The molecule has 0 saturated heterocycles. The Bertz CT molecular complexity index is 2020. The molecule has 206 valence electrons. The van der Waals surface area contributed by atoms with Gasteiger partial charge in [0.05, 0.1) is 5.41 Å². The molecule has 0 unspecified atom stereocenters. The Morgan fingerprint density at radius 1 is 0.558 bits per heavy atom. The number of carbonyl (C=O) groups is 2. The summed E-state index contributed by atoms with van der Waals surface area (Å²) in [6, 6.07) is 41.2. The van der Waals surface area contributed by atoms with E-state index in [9.17, 15) is 9.59 Å². The van der Waals surface area contributed by atoms with E-state index >= 15 is 0 Å². The van der Waals surface area contributed by atoms with Crippen LogP contribution in [0.1, 0.15) is 22.3 Å². The molecular weight excluding hydrogens is 532 g/mol. The van der Waals surface area contributed by atoms with Crippen molar-refractivity contribution in [2.75, 3.05) is 0 Å². The predicted molar refractivity (Wildman–Crippen MR) is 170 cm³/mol. The number of carbonyl (C=O) groups excluding carboxylic acids is 2. The Kier molecular flexibility index (Phi) is 6.25. The average Bonchev–Trinajstić information content (AvgIpc) is 3.34. The lowest BCUT2D eigenvalue weighted by Crippen LogP contribution is -2.29. The number of hydrogen-bond acceptors (Lipinski definition) is 4. The number of benzene rings is 6. The van der Waals surface area contributed by atoms with E-state index in [1.165, 1.54) is 5.56 Å². The molecule has 0 N–H and O–H groups in total. The molecule has 7 rings (SSSR count). The summed E-state index contributed by atoms with van der Waals surface area (Å²) in [5.74, 6) is -0.155. The topological polar surface area (TPSA) is 52.6 Å². The molecule has 0 radical (unpaired) electrons. The lowest BCUT2D eigenvalue weighted by atomic mass is 9.66. The van der Waals surface area contributed by atoms with Gasteiger partial charge in [-0.15, -0.1) is 0 Å². The van der Waals surface area contributed by atoms with Crippen molar-refractivity contribution < 1.29 is 19.1 Å². The van der Waals surface area contributed by atoms with E-state index in [2.05, 4.69) is 86.0 Å². The summed E-state index contributed by atoms with van der Waals surface area (Å²) in [7, 11) is 0. The monoisotopic (exact) mass is 558 g/mol. The van der Waals surface area contributed by atoms with Gasteiger partial charge in [-0.1, -0.05) is 98.1 Å². The molecule has 6 aromatic rings. The van der Waals surface area contributed by atoms with Gasteiger partial charge in [0.1, 0.15) is 11.5 Å². The van der Waals surface area contributed by atoms with Crippen molar-refractivity contribution in [1.82, 2.24) is 0 Å². The maximum Gasteiger partial charge on any atom is 0.335 e. The Balaban J connectivity index is 1.58. The van der Waals surface area contributed by atoms with Gasteiger partial charge in [0.15, 0.2) is 0 Å². The minimum Gasteiger partial charge on any atom is -0.423 e. The Labute approximate surface area is 249 Å². The molecule has 0 atom stereocenters. The van der Waals surface area contributed by atoms with Gasteiger partial charge in [-0.25, -0.2) is 9.59 Å². The van der Waals surface area contributed by atoms with Crippen LogP contribution in [0.5, 0.6) is 11.5 Å². The molecule has 6 aromatic carbocycles. The summed E-state index contributed by atoms with van der Waals surface area (Å²) < 4.78 is 10.9. The van der Waals surface area contributed by atoms with Crippen LogP contribution in [0.4, 0.5) is 0 Å². The average molecular weight is 559 g/mol. The first-order valence-corrected chi connectivity index (χ1v) is 14.0. The molecule has 4 heteroatoms. The quantitative estimate of drug-likeness (QED) is 0.117. The largest absolute Gasteiger partial charge is 0.423 e. The van der Waals surface area contributed by atoms with E-state index in [1.807, 2.05) is 48.5 Å². The predicted octanol–water partition coefficient (Wildman–Crippen LogP) is 8.54. The van der Waals surface area contributed by atoms with Crippen molar-refractivity contribution in [2.24, 2.45) is 0 Å². The van der Waals surface area contributed by atoms with E-state index in [0.717, 1.165) is 61.5 Å². The summed E-state index contributed by atoms with van der Waals surface area (Å²) in [5, 5.41) is 4.57. The van der Waals surface area contributed by atoms with E-state index in [-0.39, 0.29) is 0 Å². The lowest BCUT2D eigenvalue weighted by molar-refractivity contribution is -0.129. The van der Waals surface area contributed by atoms with Gasteiger partial charge < -0.3 is 9.47 Å². The maximum atomic E-state index is 12.0. The maximum absolute atomic E-state index is 12.0. The Morgan fingerprint density at radius 2 is 1.07 bits per heavy atom. The first-order chi connectivity index (χ1) is 21.0. The van der Waals surface area contributed by atoms with Crippen LogP contribution in [-0.2, 0) is 15.0 Å². The number of esters is 2. The zero-order valence-electron chi connectivity index (χ0n) is 23.2. The third-order valence-corrected chi connectivity index (χ3v) is 8.23. The molecule has 0 amide bonds. The molecule has 1 aliphatic rings. The van der Waals surface area contributed by atoms with Crippen molar-refractivity contribution in [1.29, 1.82) is 0 Å². The second-order valence-electron chi connectivity index (χ2n) is 10.5. The molecule has 4 nitrogen and oxygen atoms in total. The van der Waals surface area contributed by atoms with Crippen LogP contribution >= 0.6 is 0 Å². The molecule has 1 aliphatic carbocycles. The molecule has 0 aromatic heterocycles. The number of fused-ring (bicyclic) bond motifs is 6. The smallest absolute Gasteiger partial charge is 0.335 e. The van der Waals surface area contributed by atoms with Crippen LogP contribution in [0.3, 0.4) is 0 Å². The third kappa shape index (κ3) is 4.15. The Hall–Kier alpha value is -5.74. The van der Waals surface area contributed by atoms with Gasteiger partial charge in [0.25, 0.3) is 0 Å². The zero-order chi connectivity index (χ0) is 29.6. The fourth-order valence-corrected chi connectivity index (χ4v) is 6.44. The first kappa shape index (κ1) is 26.2. The van der Waals surface area contributed by atoms with E-state index in [4.69, 9.17) is 9.47 Å². The number of rotatable bonds is 6. The normalized spacial score (nSPS) is 12.7. The number of hydrogen-bond donors (Lipinski definition) is 0. The van der Waals surface area contributed by atoms with Crippen molar-refractivity contribution in [3.05, 3.63) is 169 Å². The van der Waals surface area contributed by atoms with E-state index in [0.29, 0.717) is 11.5 Å². The lowest BCUT2D eigenvalue weighted by Gasteiger charge is -2.35. The summed E-state index contributed by atoms with van der Waals surface area (Å²) in [6.45, 7) is 7.02. The highest BCUT2D eigenvalue weighted by Crippen LogP contribution is 2.59. The fraction of sp³-hybridized carbons (Fsp3) is 0.0256. The van der Waals surface area contributed by atoms with Crippen LogP contribution in [-0.4, -0.2) is 11.9 Å². The second kappa shape index (κ2) is 10.3. The molecule has 0 heterocycles. The molecule has 0 aliphatic heterocycles. The molecule has 0 saturated carbocycles. The highest BCUT2D eigenvalue weighted by molar-refractivity contribution is 6.03. The highest BCUT2D eigenvalue weighted by Gasteiger charge is 2.47. The van der Waals surface area contributed by atoms with Crippen LogP contribution < -0.4 is 9.47 Å². The van der Waals surface area contributed by atoms with Crippen molar-refractivity contribution in [3.8, 4) is 22.6 Å². The highest BCUT2D eigenvalue weighted by atomic mass is 16.5. The minimum atomic E-state index is -0.739. The minimum absolute atomic E-state index is 0.436. The van der Waals surface area contributed by atoms with Gasteiger partial charge in [0, 0.05) is 12.2 Å². The number of ether oxygens (including phenoxy) is 2. The summed E-state index contributed by atoms with van der Waals surface area (Å²) >= 11 is 0. The van der Waals surface area contributed by atoms with Gasteiger partial charge in [-0.3, -0.25) is 0 Å². The molecule has 43 heavy (non-hydrogen) atoms. The van der Waals surface area contributed by atoms with Crippen LogP contribution in [0.2, 0.25) is 0 Å². The summed E-state index contributed by atoms with van der Waals surface area (Å²) in [6.07, 6.45) is 2.30. The SMILES string of the molecule is C=CC(=O)Oc1ccc(C2(c3ccc(OC(=O)C=C)cc3)c3cc4ccccc4cc3-c3ccc4ccccc4c32)cc1. The molecular formula is C39H26O4. The fourth-order valence-electron chi connectivity index (χ4n) is 6.44. The van der Waals surface area contributed by atoms with Gasteiger partial charge >= 0.3 is 11.9 Å². The van der Waals surface area contributed by atoms with Crippen molar-refractivity contribution in [3.63, 3.8) is 0 Å². The van der Waals surface area contributed by atoms with Crippen LogP contribution in [0.25, 0.3) is 32.7 Å². The van der Waals surface area contributed by atoms with Crippen LogP contribution in [0.15, 0.2) is 147 Å². The van der Waals surface area contributed by atoms with E-state index < -0.39 is 17.4 Å². The summed E-state index contributed by atoms with van der Waals surface area (Å²) in [4.78, 5) is 23.9. The summed E-state index contributed by atoms with van der Waals surface area (Å²) in [5.41, 5.74) is 5.90. The zero-order valence-corrected chi connectivity index (χ0v) is 23.2. The first-order valence-electron chi connectivity index (χ1n) is 14.0. The standard InChI is InChI=1S/C39H26O4/c1-3-36(40)42-30-18-14-28(15-19-30)39(29-16-20-31(21-17-29)43-37(41)4-2)35-24-27-11-6-5-10-26(27)23-34(35)33-22-13-25-9-7-8-12-32(25)38(33)39/h3-24H,1-2H2. The van der Waals surface area contributed by atoms with Gasteiger partial charge in [0.2, 0.25) is 0 Å². The van der Waals surface area contributed by atoms with Crippen LogP contribution in [0, 0.1) is 0 Å². The van der Waals surface area contributed by atoms with Gasteiger partial charge in [-0.05, 0) is 91.3 Å². The molecule has 0 fully saturated rings. The van der Waals surface area contributed by atoms with E-state index in [1.54, 1.807) is 0 Å². The second-order valence-corrected chi connectivity index (χ2v) is 10.5.